The molecule has 1 aromatic carbocycles. The average molecular weight is 377 g/mol. The second-order valence-electron chi connectivity index (χ2n) is 7.11. The summed E-state index contributed by atoms with van der Waals surface area (Å²) in [6.07, 6.45) is 1.43. The van der Waals surface area contributed by atoms with Crippen LogP contribution >= 0.6 is 11.3 Å². The number of carbonyl (C=O) groups is 1. The second kappa shape index (κ2) is 5.28. The van der Waals surface area contributed by atoms with Gasteiger partial charge in [-0.2, -0.15) is 0 Å². The van der Waals surface area contributed by atoms with Crippen molar-refractivity contribution in [3.05, 3.63) is 29.1 Å². The Balaban J connectivity index is 1.66. The number of hydrogen-bond acceptors (Lipinski definition) is 5. The zero-order chi connectivity index (χ0) is 18.0. The van der Waals surface area contributed by atoms with Gasteiger partial charge in [-0.1, -0.05) is 6.07 Å². The number of amides is 1. The van der Waals surface area contributed by atoms with Gasteiger partial charge in [0.2, 0.25) is 15.9 Å². The fourth-order valence-electron chi connectivity index (χ4n) is 3.17. The lowest BCUT2D eigenvalue weighted by molar-refractivity contribution is -0.121. The summed E-state index contributed by atoms with van der Waals surface area (Å²) < 4.78 is 26.6. The van der Waals surface area contributed by atoms with E-state index in [1.165, 1.54) is 11.3 Å². The number of sulfonamides is 1. The highest BCUT2D eigenvalue weighted by Gasteiger charge is 2.42. The molecule has 4 rings (SSSR count). The van der Waals surface area contributed by atoms with Crippen molar-refractivity contribution < 1.29 is 13.2 Å². The topological polar surface area (TPSA) is 79.4 Å². The molecule has 1 amide bonds. The van der Waals surface area contributed by atoms with Crippen LogP contribution in [0.15, 0.2) is 23.6 Å². The molecule has 1 fully saturated rings. The highest BCUT2D eigenvalue weighted by molar-refractivity contribution is 7.93. The molecule has 0 saturated heterocycles. The molecular weight excluding hydrogens is 358 g/mol. The summed E-state index contributed by atoms with van der Waals surface area (Å²) >= 11 is 1.27. The highest BCUT2D eigenvalue weighted by atomic mass is 32.2. The Bertz CT molecular complexity index is 975. The SMILES string of the molecule is CN1C(=O)C(C)(C)c2cc(-c3csc(NS(=O)(=O)C4CC4)n3)ccc21. The van der Waals surface area contributed by atoms with Crippen LogP contribution in [0.25, 0.3) is 11.3 Å². The number of hydrogen-bond donors (Lipinski definition) is 1. The van der Waals surface area contributed by atoms with Gasteiger partial charge in [0.1, 0.15) is 0 Å². The van der Waals surface area contributed by atoms with Crippen LogP contribution < -0.4 is 9.62 Å². The van der Waals surface area contributed by atoms with Crippen molar-refractivity contribution in [3.63, 3.8) is 0 Å². The molecule has 6 nitrogen and oxygen atoms in total. The lowest BCUT2D eigenvalue weighted by Gasteiger charge is -2.16. The van der Waals surface area contributed by atoms with Gasteiger partial charge in [-0.3, -0.25) is 9.52 Å². The molecule has 0 radical (unpaired) electrons. The fourth-order valence-corrected chi connectivity index (χ4v) is 5.49. The van der Waals surface area contributed by atoms with Crippen LogP contribution in [0.4, 0.5) is 10.8 Å². The first-order valence-corrected chi connectivity index (χ1v) is 10.5. The lowest BCUT2D eigenvalue weighted by atomic mass is 9.85. The van der Waals surface area contributed by atoms with Crippen molar-refractivity contribution in [3.8, 4) is 11.3 Å². The van der Waals surface area contributed by atoms with Crippen molar-refractivity contribution in [1.82, 2.24) is 4.98 Å². The maximum absolute atomic E-state index is 12.4. The minimum absolute atomic E-state index is 0.0656. The highest BCUT2D eigenvalue weighted by Crippen LogP contribution is 2.42. The normalized spacial score (nSPS) is 19.2. The number of benzene rings is 1. The summed E-state index contributed by atoms with van der Waals surface area (Å²) in [5.74, 6) is 0.0656. The van der Waals surface area contributed by atoms with E-state index in [0.29, 0.717) is 10.8 Å². The molecule has 1 aliphatic heterocycles. The van der Waals surface area contributed by atoms with Crippen LogP contribution in [0.5, 0.6) is 0 Å². The van der Waals surface area contributed by atoms with E-state index in [9.17, 15) is 13.2 Å². The van der Waals surface area contributed by atoms with Crippen LogP contribution in [0.2, 0.25) is 0 Å². The summed E-state index contributed by atoms with van der Waals surface area (Å²) in [5.41, 5.74) is 2.88. The Morgan fingerprint density at radius 3 is 2.72 bits per heavy atom. The molecule has 0 atom stereocenters. The summed E-state index contributed by atoms with van der Waals surface area (Å²) in [6, 6.07) is 5.81. The van der Waals surface area contributed by atoms with Gasteiger partial charge in [0.15, 0.2) is 5.13 Å². The number of nitrogens with one attached hydrogen (secondary N) is 1. The van der Waals surface area contributed by atoms with Gasteiger partial charge < -0.3 is 4.90 Å². The first-order valence-electron chi connectivity index (χ1n) is 8.10. The first-order chi connectivity index (χ1) is 11.7. The van der Waals surface area contributed by atoms with Crippen molar-refractivity contribution >= 4 is 38.1 Å². The van der Waals surface area contributed by atoms with E-state index in [1.54, 1.807) is 11.9 Å². The average Bonchev–Trinajstić information content (AvgIpc) is 3.31. The second-order valence-corrected chi connectivity index (χ2v) is 9.92. The van der Waals surface area contributed by atoms with Crippen LogP contribution in [0, 0.1) is 0 Å². The van der Waals surface area contributed by atoms with E-state index in [1.807, 2.05) is 37.4 Å². The zero-order valence-corrected chi connectivity index (χ0v) is 15.9. The summed E-state index contributed by atoms with van der Waals surface area (Å²) in [5, 5.41) is 1.94. The van der Waals surface area contributed by atoms with Crippen LogP contribution in [0.3, 0.4) is 0 Å². The summed E-state index contributed by atoms with van der Waals surface area (Å²) in [4.78, 5) is 18.5. The molecule has 0 bridgehead atoms. The molecule has 1 aromatic heterocycles. The number of carbonyl (C=O) groups excluding carboxylic acids is 1. The molecule has 25 heavy (non-hydrogen) atoms. The molecule has 0 spiro atoms. The molecule has 2 heterocycles. The third-order valence-corrected chi connectivity index (χ3v) is 7.58. The monoisotopic (exact) mass is 377 g/mol. The van der Waals surface area contributed by atoms with Gasteiger partial charge in [0, 0.05) is 23.7 Å². The van der Waals surface area contributed by atoms with Gasteiger partial charge in [-0.05, 0) is 44.4 Å². The Hall–Kier alpha value is -1.93. The molecule has 132 valence electrons. The number of likely N-dealkylation sites (N-methyl/N-ethyl adjacent to an activating group) is 1. The van der Waals surface area contributed by atoms with E-state index in [-0.39, 0.29) is 11.2 Å². The first kappa shape index (κ1) is 16.5. The van der Waals surface area contributed by atoms with Crippen molar-refractivity contribution in [2.75, 3.05) is 16.7 Å². The third kappa shape index (κ3) is 2.64. The van der Waals surface area contributed by atoms with Gasteiger partial charge in [0.25, 0.3) is 0 Å². The van der Waals surface area contributed by atoms with Crippen molar-refractivity contribution in [2.45, 2.75) is 37.4 Å². The predicted molar refractivity (Wildman–Crippen MR) is 99.6 cm³/mol. The Morgan fingerprint density at radius 2 is 2.04 bits per heavy atom. The van der Waals surface area contributed by atoms with Crippen LogP contribution in [-0.2, 0) is 20.2 Å². The van der Waals surface area contributed by atoms with Crippen molar-refractivity contribution in [2.24, 2.45) is 0 Å². The summed E-state index contributed by atoms with van der Waals surface area (Å²) in [7, 11) is -1.52. The van der Waals surface area contributed by atoms with Gasteiger partial charge in [-0.25, -0.2) is 13.4 Å². The van der Waals surface area contributed by atoms with E-state index in [2.05, 4.69) is 9.71 Å². The Morgan fingerprint density at radius 1 is 1.32 bits per heavy atom. The van der Waals surface area contributed by atoms with E-state index >= 15 is 0 Å². The van der Waals surface area contributed by atoms with Crippen LogP contribution in [0.1, 0.15) is 32.3 Å². The quantitative estimate of drug-likeness (QED) is 0.888. The zero-order valence-electron chi connectivity index (χ0n) is 14.2. The minimum Gasteiger partial charge on any atom is -0.314 e. The number of fused-ring (bicyclic) bond motifs is 1. The summed E-state index contributed by atoms with van der Waals surface area (Å²) in [6.45, 7) is 3.83. The standard InChI is InChI=1S/C17H19N3O3S2/c1-17(2)12-8-10(4-7-14(12)20(3)15(17)21)13-9-24-16(18-13)19-25(22,23)11-5-6-11/h4,7-9,11H,5-6H2,1-3H3,(H,18,19). The third-order valence-electron chi connectivity index (χ3n) is 4.86. The maximum Gasteiger partial charge on any atom is 0.237 e. The van der Waals surface area contributed by atoms with E-state index in [0.717, 1.165) is 29.7 Å². The smallest absolute Gasteiger partial charge is 0.237 e. The van der Waals surface area contributed by atoms with Crippen molar-refractivity contribution in [1.29, 1.82) is 0 Å². The largest absolute Gasteiger partial charge is 0.314 e. The fraction of sp³-hybridized carbons (Fsp3) is 0.412. The molecule has 1 saturated carbocycles. The van der Waals surface area contributed by atoms with Crippen LogP contribution in [-0.4, -0.2) is 31.6 Å². The number of nitrogens with zero attached hydrogens (tertiary/aromatic N) is 2. The van der Waals surface area contributed by atoms with Gasteiger partial charge in [0.05, 0.1) is 16.4 Å². The van der Waals surface area contributed by atoms with Gasteiger partial charge in [-0.15, -0.1) is 11.3 Å². The number of thiazole rings is 1. The van der Waals surface area contributed by atoms with E-state index < -0.39 is 15.4 Å². The van der Waals surface area contributed by atoms with Gasteiger partial charge >= 0.3 is 0 Å². The number of anilines is 2. The molecule has 2 aliphatic rings. The number of aromatic nitrogens is 1. The molecule has 1 aliphatic carbocycles. The molecular formula is C17H19N3O3S2. The lowest BCUT2D eigenvalue weighted by Crippen LogP contribution is -2.33. The predicted octanol–water partition coefficient (Wildman–Crippen LogP) is 2.97. The number of rotatable bonds is 4. The van der Waals surface area contributed by atoms with E-state index in [4.69, 9.17) is 0 Å². The maximum atomic E-state index is 12.4. The molecule has 8 heteroatoms. The Labute approximate surface area is 150 Å². The Kier molecular flexibility index (Phi) is 3.49. The molecule has 1 N–H and O–H groups in total. The minimum atomic E-state index is -3.31. The molecule has 2 aromatic rings. The molecule has 0 unspecified atom stereocenters.